The van der Waals surface area contributed by atoms with Crippen molar-refractivity contribution in [3.63, 3.8) is 0 Å². The number of hydrogen-bond donors (Lipinski definition) is 3. The molecule has 0 unspecified atom stereocenters. The van der Waals surface area contributed by atoms with Gasteiger partial charge in [0.2, 0.25) is 10.0 Å². The molecule has 0 spiro atoms. The maximum Gasteiger partial charge on any atom is 0.407 e. The Hall–Kier alpha value is -3.03. The summed E-state index contributed by atoms with van der Waals surface area (Å²) in [6.07, 6.45) is 0.487. The minimum absolute atomic E-state index is 0.0175. The quantitative estimate of drug-likeness (QED) is 0.489. The minimum atomic E-state index is -3.56. The Morgan fingerprint density at radius 1 is 1.23 bits per heavy atom. The highest BCUT2D eigenvalue weighted by atomic mass is 35.5. The Labute approximate surface area is 208 Å². The second-order valence-electron chi connectivity index (χ2n) is 8.82. The number of ether oxygens (including phenoxy) is 1. The van der Waals surface area contributed by atoms with Gasteiger partial charge in [0.05, 0.1) is 16.5 Å². The van der Waals surface area contributed by atoms with Crippen LogP contribution in [0.5, 0.6) is 0 Å². The third-order valence-electron chi connectivity index (χ3n) is 4.98. The number of halogens is 1. The molecule has 1 fully saturated rings. The van der Waals surface area contributed by atoms with Gasteiger partial charge in [0.1, 0.15) is 11.9 Å². The lowest BCUT2D eigenvalue weighted by molar-refractivity contribution is 0.0531. The first kappa shape index (κ1) is 26.6. The van der Waals surface area contributed by atoms with Crippen LogP contribution in [0.2, 0.25) is 5.02 Å². The largest absolute Gasteiger partial charge is 0.444 e. The summed E-state index contributed by atoms with van der Waals surface area (Å²) in [5, 5.41) is 5.47. The molecule has 0 aliphatic carbocycles. The third-order valence-corrected chi connectivity index (χ3v) is 7.18. The van der Waals surface area contributed by atoms with E-state index in [1.165, 1.54) is 4.31 Å². The number of sulfonamides is 1. The van der Waals surface area contributed by atoms with Crippen LogP contribution in [-0.4, -0.2) is 73.8 Å². The number of oxazole rings is 1. The molecule has 0 bridgehead atoms. The fraction of sp³-hybridized carbons (Fsp3) is 0.476. The van der Waals surface area contributed by atoms with Crippen molar-refractivity contribution in [1.82, 2.24) is 14.6 Å². The average molecular weight is 529 g/mol. The summed E-state index contributed by atoms with van der Waals surface area (Å²) in [6, 6.07) is 5.03. The summed E-state index contributed by atoms with van der Waals surface area (Å²) >= 11 is 6.23. The van der Waals surface area contributed by atoms with Gasteiger partial charge in [-0.25, -0.2) is 13.2 Å². The summed E-state index contributed by atoms with van der Waals surface area (Å²) < 4.78 is 36.7. The predicted octanol–water partition coefficient (Wildman–Crippen LogP) is 2.14. The van der Waals surface area contributed by atoms with Gasteiger partial charge in [-0.15, -0.1) is 0 Å². The van der Waals surface area contributed by atoms with Gasteiger partial charge in [-0.2, -0.15) is 9.29 Å². The summed E-state index contributed by atoms with van der Waals surface area (Å²) in [4.78, 5) is 29.8. The molecule has 14 heteroatoms. The number of anilines is 3. The highest BCUT2D eigenvalue weighted by Crippen LogP contribution is 2.29. The maximum atomic E-state index is 12.7. The average Bonchev–Trinajstić information content (AvgIpc) is 3.20. The summed E-state index contributed by atoms with van der Waals surface area (Å²) in [7, 11) is -3.56. The number of nitrogens with two attached hydrogens (primary N) is 1. The van der Waals surface area contributed by atoms with E-state index in [0.29, 0.717) is 23.8 Å². The highest BCUT2D eigenvalue weighted by molar-refractivity contribution is 7.89. The molecule has 12 nitrogen and oxygen atoms in total. The van der Waals surface area contributed by atoms with Gasteiger partial charge in [0.25, 0.3) is 11.9 Å². The molecule has 2 heterocycles. The zero-order chi connectivity index (χ0) is 25.8. The molecule has 0 radical (unpaired) electrons. The van der Waals surface area contributed by atoms with Gasteiger partial charge in [-0.1, -0.05) is 11.6 Å². The smallest absolute Gasteiger partial charge is 0.407 e. The van der Waals surface area contributed by atoms with Crippen LogP contribution in [0, 0.1) is 0 Å². The van der Waals surface area contributed by atoms with Gasteiger partial charge in [-0.3, -0.25) is 4.79 Å². The first-order valence-electron chi connectivity index (χ1n) is 10.9. The van der Waals surface area contributed by atoms with Gasteiger partial charge in [0.15, 0.2) is 5.69 Å². The zero-order valence-electron chi connectivity index (χ0n) is 19.7. The van der Waals surface area contributed by atoms with Gasteiger partial charge >= 0.3 is 6.09 Å². The molecule has 192 valence electrons. The fourth-order valence-corrected chi connectivity index (χ4v) is 4.84. The number of amides is 2. The number of nitrogens with one attached hydrogen (secondary N) is 2. The number of nitrogens with zero attached hydrogens (tertiary/aromatic N) is 3. The molecule has 35 heavy (non-hydrogen) atoms. The molecule has 0 atom stereocenters. The monoisotopic (exact) mass is 528 g/mol. The van der Waals surface area contributed by atoms with Crippen LogP contribution < -0.4 is 21.3 Å². The number of hydrogen-bond acceptors (Lipinski definition) is 9. The van der Waals surface area contributed by atoms with E-state index in [-0.39, 0.29) is 37.1 Å². The van der Waals surface area contributed by atoms with E-state index in [1.807, 2.05) is 4.90 Å². The van der Waals surface area contributed by atoms with Crippen molar-refractivity contribution in [2.24, 2.45) is 0 Å². The normalized spacial score (nSPS) is 15.0. The second-order valence-corrected chi connectivity index (χ2v) is 11.3. The Morgan fingerprint density at radius 3 is 2.51 bits per heavy atom. The Morgan fingerprint density at radius 2 is 1.91 bits per heavy atom. The van der Waals surface area contributed by atoms with E-state index in [2.05, 4.69) is 15.6 Å². The van der Waals surface area contributed by atoms with E-state index < -0.39 is 27.6 Å². The van der Waals surface area contributed by atoms with Crippen molar-refractivity contribution in [3.8, 4) is 0 Å². The van der Waals surface area contributed by atoms with Crippen LogP contribution in [0.4, 0.5) is 22.2 Å². The number of piperazine rings is 1. The van der Waals surface area contributed by atoms with Gasteiger partial charge < -0.3 is 30.4 Å². The van der Waals surface area contributed by atoms with Crippen LogP contribution in [0.25, 0.3) is 0 Å². The number of carbonyl (C=O) groups is 2. The van der Waals surface area contributed by atoms with E-state index in [1.54, 1.807) is 39.0 Å². The van der Waals surface area contributed by atoms with Crippen LogP contribution in [0.15, 0.2) is 28.9 Å². The molecule has 1 saturated heterocycles. The molecule has 2 aromatic rings. The number of rotatable bonds is 7. The van der Waals surface area contributed by atoms with Crippen molar-refractivity contribution < 1.29 is 27.2 Å². The molecule has 4 N–H and O–H groups in total. The minimum Gasteiger partial charge on any atom is -0.444 e. The third kappa shape index (κ3) is 7.47. The number of carbonyl (C=O) groups excluding carboxylic acids is 2. The molecule has 1 aromatic carbocycles. The summed E-state index contributed by atoms with van der Waals surface area (Å²) in [6.45, 7) is 6.57. The van der Waals surface area contributed by atoms with Gasteiger partial charge in [0, 0.05) is 38.4 Å². The molecule has 1 aliphatic rings. The Bertz CT molecular complexity index is 1170. The van der Waals surface area contributed by atoms with Crippen molar-refractivity contribution >= 4 is 51.0 Å². The fourth-order valence-electron chi connectivity index (χ4n) is 3.33. The van der Waals surface area contributed by atoms with Crippen LogP contribution in [-0.2, 0) is 14.8 Å². The Balaban J connectivity index is 1.54. The molecule has 0 saturated carbocycles. The lowest BCUT2D eigenvalue weighted by Gasteiger charge is -2.35. The summed E-state index contributed by atoms with van der Waals surface area (Å²) in [5.41, 5.74) is 5.91. The standard InChI is InChI=1S/C21H29ClN6O6S/c1-21(2,3)34-20(30)24-6-11-35(31,32)28-9-7-27(8-10-28)14-4-5-15(22)16(12-14)25-18(29)17-13-33-19(23)26-17/h4-5,12-13H,6-11H2,1-3H3,(H2,23,26)(H,24,30)(H,25,29). The number of nitrogen functional groups attached to an aromatic ring is 1. The molecule has 1 aliphatic heterocycles. The topological polar surface area (TPSA) is 160 Å². The molecule has 2 amide bonds. The van der Waals surface area contributed by atoms with E-state index in [4.69, 9.17) is 26.5 Å². The second kappa shape index (κ2) is 10.7. The predicted molar refractivity (Wildman–Crippen MR) is 132 cm³/mol. The van der Waals surface area contributed by atoms with E-state index >= 15 is 0 Å². The number of aromatic nitrogens is 1. The van der Waals surface area contributed by atoms with E-state index in [0.717, 1.165) is 12.0 Å². The van der Waals surface area contributed by atoms with Crippen LogP contribution >= 0.6 is 11.6 Å². The zero-order valence-corrected chi connectivity index (χ0v) is 21.3. The lowest BCUT2D eigenvalue weighted by atomic mass is 10.2. The van der Waals surface area contributed by atoms with Crippen LogP contribution in [0.1, 0.15) is 31.3 Å². The Kier molecular flexibility index (Phi) is 8.13. The molecular formula is C21H29ClN6O6S. The molecular weight excluding hydrogens is 500 g/mol. The summed E-state index contributed by atoms with van der Waals surface area (Å²) in [5.74, 6) is -0.754. The maximum absolute atomic E-state index is 12.7. The first-order chi connectivity index (χ1) is 16.3. The molecule has 1 aromatic heterocycles. The van der Waals surface area contributed by atoms with Gasteiger partial charge in [-0.05, 0) is 39.0 Å². The van der Waals surface area contributed by atoms with Crippen molar-refractivity contribution in [2.45, 2.75) is 26.4 Å². The SMILES string of the molecule is CC(C)(C)OC(=O)NCCS(=O)(=O)N1CCN(c2ccc(Cl)c(NC(=O)c3coc(N)n3)c2)CC1. The first-order valence-corrected chi connectivity index (χ1v) is 12.8. The lowest BCUT2D eigenvalue weighted by Crippen LogP contribution is -2.50. The van der Waals surface area contributed by atoms with E-state index in [9.17, 15) is 18.0 Å². The number of alkyl carbamates (subject to hydrolysis) is 1. The number of benzene rings is 1. The molecule has 3 rings (SSSR count). The van der Waals surface area contributed by atoms with Crippen molar-refractivity contribution in [2.75, 3.05) is 54.4 Å². The van der Waals surface area contributed by atoms with Crippen molar-refractivity contribution in [3.05, 3.63) is 35.2 Å². The van der Waals surface area contributed by atoms with Crippen LogP contribution in [0.3, 0.4) is 0 Å². The highest BCUT2D eigenvalue weighted by Gasteiger charge is 2.27. The van der Waals surface area contributed by atoms with Crippen molar-refractivity contribution in [1.29, 1.82) is 0 Å².